The summed E-state index contributed by atoms with van der Waals surface area (Å²) >= 11 is 1.33. The van der Waals surface area contributed by atoms with E-state index in [0.717, 1.165) is 39.3 Å². The highest BCUT2D eigenvalue weighted by Gasteiger charge is 2.41. The van der Waals surface area contributed by atoms with Crippen molar-refractivity contribution in [2.75, 3.05) is 10.2 Å². The van der Waals surface area contributed by atoms with Crippen LogP contribution in [0.4, 0.5) is 11.4 Å². The molecule has 0 atom stereocenters. The van der Waals surface area contributed by atoms with E-state index >= 15 is 0 Å². The van der Waals surface area contributed by atoms with Gasteiger partial charge in [-0.1, -0.05) is 66.7 Å². The Balaban J connectivity index is 1.80. The number of imide groups is 1. The SMILES string of the molecule is CCc1ccccc1NC1=C(Sc2ccc(C)cc2)C(=O)N(c2cccc(C)c2C)C1=O. The minimum Gasteiger partial charge on any atom is -0.350 e. The monoisotopic (exact) mass is 442 g/mol. The maximum atomic E-state index is 13.6. The van der Waals surface area contributed by atoms with Gasteiger partial charge in [-0.3, -0.25) is 9.59 Å². The minimum absolute atomic E-state index is 0.300. The van der Waals surface area contributed by atoms with Gasteiger partial charge >= 0.3 is 0 Å². The van der Waals surface area contributed by atoms with Gasteiger partial charge in [-0.15, -0.1) is 0 Å². The smallest absolute Gasteiger partial charge is 0.283 e. The van der Waals surface area contributed by atoms with Crippen LogP contribution in [0.3, 0.4) is 0 Å². The molecule has 0 saturated heterocycles. The van der Waals surface area contributed by atoms with E-state index in [1.807, 2.05) is 87.5 Å². The van der Waals surface area contributed by atoms with Crippen molar-refractivity contribution in [1.29, 1.82) is 0 Å². The second-order valence-electron chi connectivity index (χ2n) is 7.92. The zero-order valence-corrected chi connectivity index (χ0v) is 19.5. The fraction of sp³-hybridized carbons (Fsp3) is 0.185. The van der Waals surface area contributed by atoms with Crippen LogP contribution in [-0.2, 0) is 16.0 Å². The Kier molecular flexibility index (Phi) is 6.19. The Bertz CT molecular complexity index is 1230. The Morgan fingerprint density at radius 2 is 1.56 bits per heavy atom. The van der Waals surface area contributed by atoms with Crippen LogP contribution in [0, 0.1) is 20.8 Å². The normalized spacial score (nSPS) is 13.8. The standard InChI is InChI=1S/C27H26N2O2S/c1-5-20-10-6-7-11-22(20)28-24-25(32-21-15-13-17(2)14-16-21)27(31)29(26(24)30)23-12-8-9-18(3)19(23)4/h6-16,28H,5H2,1-4H3. The molecule has 1 N–H and O–H groups in total. The number of aryl methyl sites for hydroxylation is 3. The molecule has 0 saturated carbocycles. The van der Waals surface area contributed by atoms with Crippen molar-refractivity contribution in [2.24, 2.45) is 0 Å². The van der Waals surface area contributed by atoms with Crippen LogP contribution in [0.2, 0.25) is 0 Å². The maximum Gasteiger partial charge on any atom is 0.283 e. The molecule has 162 valence electrons. The second-order valence-corrected chi connectivity index (χ2v) is 9.00. The molecule has 0 aromatic heterocycles. The average molecular weight is 443 g/mol. The van der Waals surface area contributed by atoms with Crippen LogP contribution in [0.15, 0.2) is 82.2 Å². The summed E-state index contributed by atoms with van der Waals surface area (Å²) in [6, 6.07) is 21.5. The Morgan fingerprint density at radius 3 is 2.28 bits per heavy atom. The van der Waals surface area contributed by atoms with Crippen LogP contribution < -0.4 is 10.2 Å². The van der Waals surface area contributed by atoms with Crippen LogP contribution in [0.5, 0.6) is 0 Å². The number of nitrogens with zero attached hydrogens (tertiary/aromatic N) is 1. The number of amides is 2. The van der Waals surface area contributed by atoms with Crippen LogP contribution in [0.1, 0.15) is 29.2 Å². The van der Waals surface area contributed by atoms with Crippen LogP contribution >= 0.6 is 11.8 Å². The lowest BCUT2D eigenvalue weighted by Crippen LogP contribution is -2.33. The number of benzene rings is 3. The summed E-state index contributed by atoms with van der Waals surface area (Å²) in [4.78, 5) is 29.8. The number of para-hydroxylation sites is 1. The molecule has 5 heteroatoms. The lowest BCUT2D eigenvalue weighted by molar-refractivity contribution is -0.120. The number of nitrogens with one attached hydrogen (secondary N) is 1. The summed E-state index contributed by atoms with van der Waals surface area (Å²) in [7, 11) is 0. The van der Waals surface area contributed by atoms with Gasteiger partial charge in [0.05, 0.1) is 5.69 Å². The van der Waals surface area contributed by atoms with Crippen molar-refractivity contribution in [3.8, 4) is 0 Å². The first kappa shape index (κ1) is 21.9. The topological polar surface area (TPSA) is 49.4 Å². The molecular weight excluding hydrogens is 416 g/mol. The number of rotatable bonds is 6. The van der Waals surface area contributed by atoms with Crippen molar-refractivity contribution in [1.82, 2.24) is 0 Å². The van der Waals surface area contributed by atoms with Crippen molar-refractivity contribution < 1.29 is 9.59 Å². The van der Waals surface area contributed by atoms with Gasteiger partial charge in [0, 0.05) is 10.6 Å². The quantitative estimate of drug-likeness (QED) is 0.464. The second kappa shape index (κ2) is 9.05. The van der Waals surface area contributed by atoms with Gasteiger partial charge < -0.3 is 5.32 Å². The van der Waals surface area contributed by atoms with Gasteiger partial charge in [-0.25, -0.2) is 4.90 Å². The fourth-order valence-corrected chi connectivity index (χ4v) is 4.65. The van der Waals surface area contributed by atoms with E-state index in [0.29, 0.717) is 16.3 Å². The van der Waals surface area contributed by atoms with Gasteiger partial charge in [-0.05, 0) is 68.1 Å². The number of anilines is 2. The van der Waals surface area contributed by atoms with Crippen molar-refractivity contribution >= 4 is 35.0 Å². The largest absolute Gasteiger partial charge is 0.350 e. The van der Waals surface area contributed by atoms with E-state index in [9.17, 15) is 9.59 Å². The maximum absolute atomic E-state index is 13.6. The van der Waals surface area contributed by atoms with Gasteiger partial charge in [-0.2, -0.15) is 0 Å². The van der Waals surface area contributed by atoms with E-state index in [-0.39, 0.29) is 11.8 Å². The molecule has 4 nitrogen and oxygen atoms in total. The number of carbonyl (C=O) groups is 2. The molecule has 0 bridgehead atoms. The first-order valence-electron chi connectivity index (χ1n) is 10.7. The predicted molar refractivity (Wildman–Crippen MR) is 132 cm³/mol. The first-order chi connectivity index (χ1) is 15.4. The third kappa shape index (κ3) is 4.08. The first-order valence-corrected chi connectivity index (χ1v) is 11.5. The lowest BCUT2D eigenvalue weighted by Gasteiger charge is -2.19. The molecule has 3 aromatic rings. The predicted octanol–water partition coefficient (Wildman–Crippen LogP) is 6.16. The number of carbonyl (C=O) groups excluding carboxylic acids is 2. The Hall–Kier alpha value is -3.31. The molecule has 0 radical (unpaired) electrons. The third-order valence-electron chi connectivity index (χ3n) is 5.76. The van der Waals surface area contributed by atoms with Gasteiger partial charge in [0.15, 0.2) is 0 Å². The zero-order valence-electron chi connectivity index (χ0n) is 18.7. The summed E-state index contributed by atoms with van der Waals surface area (Å²) in [5.74, 6) is -0.630. The van der Waals surface area contributed by atoms with E-state index in [1.54, 1.807) is 0 Å². The number of hydrogen-bond acceptors (Lipinski definition) is 4. The molecule has 1 aliphatic rings. The van der Waals surface area contributed by atoms with Crippen LogP contribution in [-0.4, -0.2) is 11.8 Å². The number of thioether (sulfide) groups is 1. The molecule has 0 spiro atoms. The molecule has 1 heterocycles. The highest BCUT2D eigenvalue weighted by Crippen LogP contribution is 2.39. The van der Waals surface area contributed by atoms with Crippen molar-refractivity contribution in [2.45, 2.75) is 39.0 Å². The molecule has 3 aromatic carbocycles. The zero-order chi connectivity index (χ0) is 22.8. The van der Waals surface area contributed by atoms with E-state index in [4.69, 9.17) is 0 Å². The van der Waals surface area contributed by atoms with E-state index in [1.165, 1.54) is 16.7 Å². The molecule has 0 aliphatic carbocycles. The lowest BCUT2D eigenvalue weighted by atomic mass is 10.1. The molecular formula is C27H26N2O2S. The molecule has 4 rings (SSSR count). The summed E-state index contributed by atoms with van der Waals surface area (Å²) in [6.07, 6.45) is 0.819. The van der Waals surface area contributed by atoms with Gasteiger partial charge in [0.2, 0.25) is 0 Å². The molecule has 32 heavy (non-hydrogen) atoms. The Labute approximate surface area is 193 Å². The molecule has 1 aliphatic heterocycles. The highest BCUT2D eigenvalue weighted by atomic mass is 32.2. The summed E-state index contributed by atoms with van der Waals surface area (Å²) in [6.45, 7) is 8.02. The number of hydrogen-bond donors (Lipinski definition) is 1. The van der Waals surface area contributed by atoms with Gasteiger partial charge in [0.25, 0.3) is 11.8 Å². The summed E-state index contributed by atoms with van der Waals surface area (Å²) in [5, 5.41) is 3.30. The van der Waals surface area contributed by atoms with Crippen LogP contribution in [0.25, 0.3) is 0 Å². The molecule has 2 amide bonds. The van der Waals surface area contributed by atoms with E-state index in [2.05, 4.69) is 12.2 Å². The van der Waals surface area contributed by atoms with Crippen molar-refractivity contribution in [3.05, 3.63) is 99.6 Å². The third-order valence-corrected chi connectivity index (χ3v) is 6.85. The summed E-state index contributed by atoms with van der Waals surface area (Å²) in [5.41, 5.74) is 5.98. The minimum atomic E-state index is -0.329. The van der Waals surface area contributed by atoms with E-state index < -0.39 is 0 Å². The van der Waals surface area contributed by atoms with Crippen molar-refractivity contribution in [3.63, 3.8) is 0 Å². The molecule has 0 unspecified atom stereocenters. The highest BCUT2D eigenvalue weighted by molar-refractivity contribution is 8.04. The fourth-order valence-electron chi connectivity index (χ4n) is 3.72. The van der Waals surface area contributed by atoms with Gasteiger partial charge in [0.1, 0.15) is 10.6 Å². The molecule has 0 fully saturated rings. The Morgan fingerprint density at radius 1 is 0.844 bits per heavy atom. The summed E-state index contributed by atoms with van der Waals surface area (Å²) < 4.78 is 0. The average Bonchev–Trinajstić information content (AvgIpc) is 3.01.